The zero-order chi connectivity index (χ0) is 20.5. The zero-order valence-electron chi connectivity index (χ0n) is 16.3. The van der Waals surface area contributed by atoms with Gasteiger partial charge < -0.3 is 19.5 Å². The van der Waals surface area contributed by atoms with Crippen LogP contribution in [0.3, 0.4) is 0 Å². The third-order valence-electron chi connectivity index (χ3n) is 5.17. The molecular formula is C22H22ClN3O3. The van der Waals surface area contributed by atoms with E-state index in [2.05, 4.69) is 5.32 Å². The Kier molecular flexibility index (Phi) is 5.20. The molecule has 3 aromatic rings. The molecule has 2 atom stereocenters. The number of amides is 3. The van der Waals surface area contributed by atoms with Crippen molar-refractivity contribution in [3.63, 3.8) is 0 Å². The minimum atomic E-state index is -0.192. The molecule has 2 heterocycles. The molecule has 1 aliphatic heterocycles. The highest BCUT2D eigenvalue weighted by atomic mass is 35.5. The van der Waals surface area contributed by atoms with Crippen LogP contribution in [0.25, 0.3) is 11.0 Å². The van der Waals surface area contributed by atoms with Gasteiger partial charge in [0.1, 0.15) is 5.58 Å². The standard InChI is InChI=1S/C22H22ClN3O3/c1-14-12-25(21(27)20-11-16-5-3-4-6-19(16)29-20)13-15(2)26(14)22(28)24-18-9-7-17(23)8-10-18/h3-11,14-15H,12-13H2,1-2H3,(H,24,28). The minimum Gasteiger partial charge on any atom is -0.451 e. The fraction of sp³-hybridized carbons (Fsp3) is 0.273. The van der Waals surface area contributed by atoms with Crippen molar-refractivity contribution in [3.05, 3.63) is 65.4 Å². The first-order chi connectivity index (χ1) is 13.9. The Morgan fingerprint density at radius 1 is 1.03 bits per heavy atom. The number of nitrogens with one attached hydrogen (secondary N) is 1. The monoisotopic (exact) mass is 411 g/mol. The van der Waals surface area contributed by atoms with Gasteiger partial charge in [0, 0.05) is 41.3 Å². The molecule has 6 nitrogen and oxygen atoms in total. The lowest BCUT2D eigenvalue weighted by atomic mass is 10.1. The zero-order valence-corrected chi connectivity index (χ0v) is 17.0. The van der Waals surface area contributed by atoms with Crippen LogP contribution in [0.1, 0.15) is 24.4 Å². The van der Waals surface area contributed by atoms with Crippen LogP contribution in [0.2, 0.25) is 5.02 Å². The van der Waals surface area contributed by atoms with E-state index in [1.54, 1.807) is 40.1 Å². The molecule has 3 amide bonds. The largest absolute Gasteiger partial charge is 0.451 e. The molecule has 0 bridgehead atoms. The first kappa shape index (κ1) is 19.3. The number of urea groups is 1. The van der Waals surface area contributed by atoms with Gasteiger partial charge in [-0.1, -0.05) is 29.8 Å². The van der Waals surface area contributed by atoms with Gasteiger partial charge in [0.25, 0.3) is 5.91 Å². The number of anilines is 1. The number of piperazine rings is 1. The number of rotatable bonds is 2. The molecule has 0 spiro atoms. The Labute approximate surface area is 174 Å². The van der Waals surface area contributed by atoms with Gasteiger partial charge in [-0.15, -0.1) is 0 Å². The van der Waals surface area contributed by atoms with Crippen molar-refractivity contribution < 1.29 is 14.0 Å². The van der Waals surface area contributed by atoms with Gasteiger partial charge in [0.05, 0.1) is 0 Å². The fourth-order valence-electron chi connectivity index (χ4n) is 3.85. The number of para-hydroxylation sites is 1. The summed E-state index contributed by atoms with van der Waals surface area (Å²) in [5.74, 6) is 0.169. The van der Waals surface area contributed by atoms with E-state index < -0.39 is 0 Å². The normalized spacial score (nSPS) is 19.4. The average molecular weight is 412 g/mol. The topological polar surface area (TPSA) is 65.8 Å². The van der Waals surface area contributed by atoms with Crippen LogP contribution in [-0.4, -0.2) is 46.9 Å². The van der Waals surface area contributed by atoms with E-state index in [0.717, 1.165) is 5.39 Å². The second-order valence-corrected chi connectivity index (χ2v) is 7.84. The summed E-state index contributed by atoms with van der Waals surface area (Å²) in [6.45, 7) is 4.76. The summed E-state index contributed by atoms with van der Waals surface area (Å²) in [5.41, 5.74) is 1.37. The summed E-state index contributed by atoms with van der Waals surface area (Å²) in [5, 5.41) is 4.41. The molecule has 1 N–H and O–H groups in total. The molecule has 1 fully saturated rings. The maximum Gasteiger partial charge on any atom is 0.322 e. The van der Waals surface area contributed by atoms with Crippen molar-refractivity contribution in [2.45, 2.75) is 25.9 Å². The number of furan rings is 1. The summed E-state index contributed by atoms with van der Waals surface area (Å²) in [6.07, 6.45) is 0. The lowest BCUT2D eigenvalue weighted by Crippen LogP contribution is -2.60. The van der Waals surface area contributed by atoms with Crippen LogP contribution in [-0.2, 0) is 0 Å². The molecule has 1 saturated heterocycles. The van der Waals surface area contributed by atoms with Crippen molar-refractivity contribution in [1.82, 2.24) is 9.80 Å². The number of carbonyl (C=O) groups excluding carboxylic acids is 2. The van der Waals surface area contributed by atoms with E-state index in [1.165, 1.54) is 0 Å². The van der Waals surface area contributed by atoms with E-state index in [-0.39, 0.29) is 24.0 Å². The number of nitrogens with zero attached hydrogens (tertiary/aromatic N) is 2. The summed E-state index contributed by atoms with van der Waals surface area (Å²) < 4.78 is 5.72. The van der Waals surface area contributed by atoms with Gasteiger partial charge in [-0.2, -0.15) is 0 Å². The maximum absolute atomic E-state index is 13.0. The third kappa shape index (κ3) is 3.93. The van der Waals surface area contributed by atoms with E-state index in [9.17, 15) is 9.59 Å². The van der Waals surface area contributed by atoms with Crippen LogP contribution in [0, 0.1) is 0 Å². The van der Waals surface area contributed by atoms with Crippen LogP contribution in [0.15, 0.2) is 59.0 Å². The molecule has 0 saturated carbocycles. The highest BCUT2D eigenvalue weighted by Gasteiger charge is 2.36. The highest BCUT2D eigenvalue weighted by Crippen LogP contribution is 2.24. The summed E-state index contributed by atoms with van der Waals surface area (Å²) in [7, 11) is 0. The van der Waals surface area contributed by atoms with Crippen molar-refractivity contribution in [2.24, 2.45) is 0 Å². The summed E-state index contributed by atoms with van der Waals surface area (Å²) in [4.78, 5) is 29.3. The van der Waals surface area contributed by atoms with Crippen LogP contribution >= 0.6 is 11.6 Å². The van der Waals surface area contributed by atoms with Crippen LogP contribution in [0.4, 0.5) is 10.5 Å². The predicted molar refractivity (Wildman–Crippen MR) is 113 cm³/mol. The van der Waals surface area contributed by atoms with Gasteiger partial charge in [-0.25, -0.2) is 4.79 Å². The summed E-state index contributed by atoms with van der Waals surface area (Å²) >= 11 is 5.90. The minimum absolute atomic E-state index is 0.139. The molecule has 7 heteroatoms. The number of hydrogen-bond donors (Lipinski definition) is 1. The first-order valence-electron chi connectivity index (χ1n) is 9.55. The van der Waals surface area contributed by atoms with Crippen molar-refractivity contribution in [2.75, 3.05) is 18.4 Å². The molecule has 29 heavy (non-hydrogen) atoms. The Bertz CT molecular complexity index is 1000. The van der Waals surface area contributed by atoms with E-state index in [4.69, 9.17) is 16.0 Å². The number of benzene rings is 2. The molecule has 2 unspecified atom stereocenters. The van der Waals surface area contributed by atoms with E-state index in [0.29, 0.717) is 35.1 Å². The van der Waals surface area contributed by atoms with Gasteiger partial charge in [-0.3, -0.25) is 4.79 Å². The predicted octanol–water partition coefficient (Wildman–Crippen LogP) is 4.85. The van der Waals surface area contributed by atoms with Crippen molar-refractivity contribution in [1.29, 1.82) is 0 Å². The number of halogens is 1. The molecule has 2 aromatic carbocycles. The van der Waals surface area contributed by atoms with Gasteiger partial charge in [0.2, 0.25) is 0 Å². The molecule has 1 aromatic heterocycles. The van der Waals surface area contributed by atoms with Crippen molar-refractivity contribution in [3.8, 4) is 0 Å². The lowest BCUT2D eigenvalue weighted by molar-refractivity contribution is 0.0438. The summed E-state index contributed by atoms with van der Waals surface area (Å²) in [6, 6.07) is 15.8. The lowest BCUT2D eigenvalue weighted by Gasteiger charge is -2.44. The Morgan fingerprint density at radius 2 is 1.69 bits per heavy atom. The SMILES string of the molecule is CC1CN(C(=O)c2cc3ccccc3o2)CC(C)N1C(=O)Nc1ccc(Cl)cc1. The third-order valence-corrected chi connectivity index (χ3v) is 5.42. The smallest absolute Gasteiger partial charge is 0.322 e. The fourth-order valence-corrected chi connectivity index (χ4v) is 3.98. The molecule has 0 radical (unpaired) electrons. The van der Waals surface area contributed by atoms with Gasteiger partial charge in [-0.05, 0) is 50.2 Å². The number of fused-ring (bicyclic) bond motifs is 1. The second-order valence-electron chi connectivity index (χ2n) is 7.40. The van der Waals surface area contributed by atoms with E-state index in [1.807, 2.05) is 38.1 Å². The Hall–Kier alpha value is -2.99. The van der Waals surface area contributed by atoms with Gasteiger partial charge in [0.15, 0.2) is 5.76 Å². The molecule has 4 rings (SSSR count). The van der Waals surface area contributed by atoms with E-state index >= 15 is 0 Å². The quantitative estimate of drug-likeness (QED) is 0.655. The number of carbonyl (C=O) groups is 2. The molecular weight excluding hydrogens is 390 g/mol. The highest BCUT2D eigenvalue weighted by molar-refractivity contribution is 6.30. The number of hydrogen-bond acceptors (Lipinski definition) is 3. The van der Waals surface area contributed by atoms with Crippen LogP contribution in [0.5, 0.6) is 0 Å². The molecule has 1 aliphatic rings. The maximum atomic E-state index is 13.0. The molecule has 0 aliphatic carbocycles. The Balaban J connectivity index is 1.45. The molecule has 150 valence electrons. The van der Waals surface area contributed by atoms with Crippen LogP contribution < -0.4 is 5.32 Å². The van der Waals surface area contributed by atoms with Crippen molar-refractivity contribution >= 4 is 40.2 Å². The second kappa shape index (κ2) is 7.79. The average Bonchev–Trinajstić information content (AvgIpc) is 3.13. The first-order valence-corrected chi connectivity index (χ1v) is 9.93. The van der Waals surface area contributed by atoms with Gasteiger partial charge >= 0.3 is 6.03 Å². The Morgan fingerprint density at radius 3 is 2.34 bits per heavy atom.